The second kappa shape index (κ2) is 7.60. The molecule has 0 bridgehead atoms. The van der Waals surface area contributed by atoms with E-state index in [-0.39, 0.29) is 5.69 Å². The van der Waals surface area contributed by atoms with Gasteiger partial charge in [-0.3, -0.25) is 10.1 Å². The molecule has 21 heavy (non-hydrogen) atoms. The van der Waals surface area contributed by atoms with Crippen LogP contribution < -0.4 is 10.1 Å². The Hall–Kier alpha value is -2.13. The second-order valence-corrected chi connectivity index (χ2v) is 5.18. The number of benzene rings is 1. The van der Waals surface area contributed by atoms with Crippen LogP contribution in [0.4, 0.5) is 5.69 Å². The van der Waals surface area contributed by atoms with Crippen LogP contribution in [0.15, 0.2) is 18.2 Å². The lowest BCUT2D eigenvalue weighted by atomic mass is 10.2. The summed E-state index contributed by atoms with van der Waals surface area (Å²) in [5, 5.41) is 22.9. The third kappa shape index (κ3) is 5.04. The van der Waals surface area contributed by atoms with Gasteiger partial charge in [0.1, 0.15) is 0 Å². The van der Waals surface area contributed by atoms with Gasteiger partial charge in [-0.25, -0.2) is 0 Å². The predicted octanol–water partition coefficient (Wildman–Crippen LogP) is 2.92. The van der Waals surface area contributed by atoms with Crippen molar-refractivity contribution in [1.82, 2.24) is 5.32 Å². The van der Waals surface area contributed by atoms with Crippen molar-refractivity contribution < 1.29 is 9.66 Å². The van der Waals surface area contributed by atoms with E-state index < -0.39 is 4.92 Å². The van der Waals surface area contributed by atoms with Crippen molar-refractivity contribution in [3.8, 4) is 11.8 Å². The van der Waals surface area contributed by atoms with E-state index >= 15 is 0 Å². The van der Waals surface area contributed by atoms with Gasteiger partial charge in [0.25, 0.3) is 0 Å². The zero-order valence-corrected chi connectivity index (χ0v) is 11.9. The molecule has 1 aliphatic rings. The average Bonchev–Trinajstić information content (AvgIpc) is 3.29. The standard InChI is InChI=1S/C15H19N3O3/c16-8-2-1-3-9-21-15-7-4-12(10-14(15)18(19)20)11-17-13-5-6-13/h4,7,10,13,17H,1-3,5-6,9,11H2. The maximum Gasteiger partial charge on any atom is 0.311 e. The predicted molar refractivity (Wildman–Crippen MR) is 77.9 cm³/mol. The van der Waals surface area contributed by atoms with Crippen LogP contribution in [0.5, 0.6) is 5.75 Å². The monoisotopic (exact) mass is 289 g/mol. The Bertz CT molecular complexity index is 535. The molecule has 1 aliphatic carbocycles. The highest BCUT2D eigenvalue weighted by atomic mass is 16.6. The van der Waals surface area contributed by atoms with Crippen LogP contribution in [0.3, 0.4) is 0 Å². The number of nitro groups is 1. The molecule has 0 aliphatic heterocycles. The Morgan fingerprint density at radius 3 is 2.90 bits per heavy atom. The van der Waals surface area contributed by atoms with Crippen LogP contribution in [0, 0.1) is 21.4 Å². The first-order valence-electron chi connectivity index (χ1n) is 7.21. The number of nitrogens with zero attached hydrogens (tertiary/aromatic N) is 2. The molecule has 1 aromatic rings. The van der Waals surface area contributed by atoms with Gasteiger partial charge in [0.15, 0.2) is 5.75 Å². The molecule has 0 unspecified atom stereocenters. The second-order valence-electron chi connectivity index (χ2n) is 5.18. The summed E-state index contributed by atoms with van der Waals surface area (Å²) in [5.74, 6) is 0.298. The van der Waals surface area contributed by atoms with E-state index in [9.17, 15) is 10.1 Å². The summed E-state index contributed by atoms with van der Waals surface area (Å²) in [7, 11) is 0. The van der Waals surface area contributed by atoms with Crippen LogP contribution in [0.2, 0.25) is 0 Å². The third-order valence-electron chi connectivity index (χ3n) is 3.33. The molecule has 1 N–H and O–H groups in total. The Morgan fingerprint density at radius 2 is 2.24 bits per heavy atom. The van der Waals surface area contributed by atoms with Gasteiger partial charge in [0.05, 0.1) is 17.6 Å². The lowest BCUT2D eigenvalue weighted by Gasteiger charge is -2.08. The zero-order chi connectivity index (χ0) is 15.1. The van der Waals surface area contributed by atoms with Crippen LogP contribution in [0.1, 0.15) is 37.7 Å². The fourth-order valence-corrected chi connectivity index (χ4v) is 1.98. The Kier molecular flexibility index (Phi) is 5.52. The Balaban J connectivity index is 1.92. The smallest absolute Gasteiger partial charge is 0.311 e. The number of nitriles is 1. The van der Waals surface area contributed by atoms with Crippen molar-refractivity contribution >= 4 is 5.69 Å². The normalized spacial score (nSPS) is 13.7. The minimum Gasteiger partial charge on any atom is -0.487 e. The number of nitrogens with one attached hydrogen (secondary N) is 1. The molecule has 0 aromatic heterocycles. The Morgan fingerprint density at radius 1 is 1.43 bits per heavy atom. The molecule has 0 radical (unpaired) electrons. The van der Waals surface area contributed by atoms with E-state index in [1.165, 1.54) is 12.8 Å². The summed E-state index contributed by atoms with van der Waals surface area (Å²) in [4.78, 5) is 10.7. The minimum atomic E-state index is -0.411. The van der Waals surface area contributed by atoms with Gasteiger partial charge < -0.3 is 10.1 Å². The van der Waals surface area contributed by atoms with Crippen molar-refractivity contribution in [1.29, 1.82) is 5.26 Å². The number of ether oxygens (including phenoxy) is 1. The van der Waals surface area contributed by atoms with Crippen molar-refractivity contribution in [3.05, 3.63) is 33.9 Å². The molecular weight excluding hydrogens is 270 g/mol. The summed E-state index contributed by atoms with van der Waals surface area (Å²) in [5.41, 5.74) is 0.899. The van der Waals surface area contributed by atoms with Gasteiger partial charge >= 0.3 is 5.69 Å². The van der Waals surface area contributed by atoms with E-state index in [1.54, 1.807) is 12.1 Å². The topological polar surface area (TPSA) is 88.2 Å². The maximum absolute atomic E-state index is 11.1. The highest BCUT2D eigenvalue weighted by molar-refractivity contribution is 5.48. The number of hydrogen-bond donors (Lipinski definition) is 1. The highest BCUT2D eigenvalue weighted by Gasteiger charge is 2.21. The van der Waals surface area contributed by atoms with Crippen molar-refractivity contribution in [2.45, 2.75) is 44.7 Å². The lowest BCUT2D eigenvalue weighted by molar-refractivity contribution is -0.385. The zero-order valence-electron chi connectivity index (χ0n) is 11.9. The first-order chi connectivity index (χ1) is 10.2. The minimum absolute atomic E-state index is 0.00498. The van der Waals surface area contributed by atoms with Crippen LogP contribution in [-0.2, 0) is 6.54 Å². The van der Waals surface area contributed by atoms with Gasteiger partial charge in [-0.2, -0.15) is 5.26 Å². The van der Waals surface area contributed by atoms with Gasteiger partial charge in [-0.1, -0.05) is 6.07 Å². The molecule has 0 heterocycles. The largest absolute Gasteiger partial charge is 0.487 e. The molecule has 112 valence electrons. The third-order valence-corrected chi connectivity index (χ3v) is 3.33. The summed E-state index contributed by atoms with van der Waals surface area (Å²) in [6.45, 7) is 1.04. The van der Waals surface area contributed by atoms with E-state index in [1.807, 2.05) is 6.07 Å². The van der Waals surface area contributed by atoms with Crippen molar-refractivity contribution in [3.63, 3.8) is 0 Å². The molecule has 6 heteroatoms. The van der Waals surface area contributed by atoms with Crippen molar-refractivity contribution in [2.24, 2.45) is 0 Å². The number of unbranched alkanes of at least 4 members (excludes halogenated alkanes) is 2. The quantitative estimate of drug-likeness (QED) is 0.429. The fraction of sp³-hybridized carbons (Fsp3) is 0.533. The van der Waals surface area contributed by atoms with Gasteiger partial charge in [0, 0.05) is 25.1 Å². The van der Waals surface area contributed by atoms with Gasteiger partial charge in [-0.05, 0) is 37.3 Å². The molecule has 0 spiro atoms. The molecule has 0 amide bonds. The van der Waals surface area contributed by atoms with E-state index in [0.29, 0.717) is 31.4 Å². The molecule has 0 atom stereocenters. The first-order valence-corrected chi connectivity index (χ1v) is 7.21. The van der Waals surface area contributed by atoms with Crippen molar-refractivity contribution in [2.75, 3.05) is 6.61 Å². The summed E-state index contributed by atoms with van der Waals surface area (Å²) in [6.07, 6.45) is 4.32. The molecule has 2 rings (SSSR count). The average molecular weight is 289 g/mol. The molecule has 6 nitrogen and oxygen atoms in total. The molecule has 1 saturated carbocycles. The Labute approximate surface area is 123 Å². The van der Waals surface area contributed by atoms with Gasteiger partial charge in [0.2, 0.25) is 0 Å². The molecule has 0 saturated heterocycles. The first kappa shape index (κ1) is 15.3. The highest BCUT2D eigenvalue weighted by Crippen LogP contribution is 2.28. The summed E-state index contributed by atoms with van der Waals surface area (Å²) < 4.78 is 5.47. The van der Waals surface area contributed by atoms with E-state index in [2.05, 4.69) is 11.4 Å². The molecular formula is C15H19N3O3. The number of nitro benzene ring substituents is 1. The number of rotatable bonds is 9. The summed E-state index contributed by atoms with van der Waals surface area (Å²) in [6, 6.07) is 7.71. The fourth-order valence-electron chi connectivity index (χ4n) is 1.98. The van der Waals surface area contributed by atoms with Crippen LogP contribution in [0.25, 0.3) is 0 Å². The lowest BCUT2D eigenvalue weighted by Crippen LogP contribution is -2.15. The van der Waals surface area contributed by atoms with Crippen LogP contribution in [-0.4, -0.2) is 17.6 Å². The molecule has 1 aromatic carbocycles. The molecule has 1 fully saturated rings. The van der Waals surface area contributed by atoms with Crippen LogP contribution >= 0.6 is 0 Å². The maximum atomic E-state index is 11.1. The summed E-state index contributed by atoms with van der Waals surface area (Å²) >= 11 is 0. The SMILES string of the molecule is N#CCCCCOc1ccc(CNC2CC2)cc1[N+](=O)[O-]. The van der Waals surface area contributed by atoms with E-state index in [4.69, 9.17) is 10.00 Å². The van der Waals surface area contributed by atoms with Gasteiger partial charge in [-0.15, -0.1) is 0 Å². The number of hydrogen-bond acceptors (Lipinski definition) is 5. The van der Waals surface area contributed by atoms with E-state index in [0.717, 1.165) is 18.4 Å².